The summed E-state index contributed by atoms with van der Waals surface area (Å²) in [6, 6.07) is 8.61. The van der Waals surface area contributed by atoms with Crippen LogP contribution in [0, 0.1) is 0 Å². The number of esters is 2. The molecule has 0 aliphatic heterocycles. The van der Waals surface area contributed by atoms with E-state index in [4.69, 9.17) is 21.1 Å². The lowest BCUT2D eigenvalue weighted by Crippen LogP contribution is -2.19. The Balaban J connectivity index is 2.36. The highest BCUT2D eigenvalue weighted by Crippen LogP contribution is 2.22. The van der Waals surface area contributed by atoms with E-state index >= 15 is 0 Å². The smallest absolute Gasteiger partial charge is 0.356 e. The predicted molar refractivity (Wildman–Crippen MR) is 85.3 cm³/mol. The summed E-state index contributed by atoms with van der Waals surface area (Å²) >= 11 is 5.87. The van der Waals surface area contributed by atoms with Crippen LogP contribution in [0.15, 0.2) is 30.3 Å². The van der Waals surface area contributed by atoms with Crippen LogP contribution in [0.3, 0.4) is 0 Å². The number of hydrogen-bond acceptors (Lipinski definition) is 5. The number of halogens is 1. The molecule has 0 radical (unpaired) electrons. The predicted octanol–water partition coefficient (Wildman–Crippen LogP) is 2.94. The molecule has 0 aliphatic carbocycles. The number of benzene rings is 1. The Bertz CT molecular complexity index is 695. The maximum absolute atomic E-state index is 12.0. The van der Waals surface area contributed by atoms with Gasteiger partial charge in [0.05, 0.1) is 18.9 Å². The topological polar surface area (TPSA) is 70.4 Å². The average molecular weight is 337 g/mol. The van der Waals surface area contributed by atoms with Crippen molar-refractivity contribution >= 4 is 23.5 Å². The monoisotopic (exact) mass is 336 g/mol. The Hall–Kier alpha value is -2.34. The number of ether oxygens (including phenoxy) is 2. The largest absolute Gasteiger partial charge is 0.465 e. The van der Waals surface area contributed by atoms with Crippen molar-refractivity contribution < 1.29 is 19.1 Å². The van der Waals surface area contributed by atoms with Crippen molar-refractivity contribution in [2.45, 2.75) is 20.4 Å². The molecule has 0 spiro atoms. The van der Waals surface area contributed by atoms with Crippen LogP contribution < -0.4 is 0 Å². The fraction of sp³-hybridized carbons (Fsp3) is 0.312. The third-order valence-electron chi connectivity index (χ3n) is 2.99. The van der Waals surface area contributed by atoms with Crippen molar-refractivity contribution in [3.63, 3.8) is 0 Å². The van der Waals surface area contributed by atoms with E-state index in [-0.39, 0.29) is 25.5 Å². The van der Waals surface area contributed by atoms with E-state index in [1.807, 2.05) is 0 Å². The highest BCUT2D eigenvalue weighted by molar-refractivity contribution is 6.30. The van der Waals surface area contributed by atoms with Gasteiger partial charge in [0.1, 0.15) is 12.2 Å². The van der Waals surface area contributed by atoms with Crippen LogP contribution in [-0.4, -0.2) is 34.9 Å². The van der Waals surface area contributed by atoms with Gasteiger partial charge in [0.25, 0.3) is 0 Å². The third-order valence-corrected chi connectivity index (χ3v) is 3.24. The summed E-state index contributed by atoms with van der Waals surface area (Å²) in [4.78, 5) is 23.7. The molecule has 0 fully saturated rings. The van der Waals surface area contributed by atoms with E-state index in [0.717, 1.165) is 5.56 Å². The molecule has 1 aromatic carbocycles. The molecule has 6 nitrogen and oxygen atoms in total. The van der Waals surface area contributed by atoms with Gasteiger partial charge in [0.2, 0.25) is 0 Å². The SMILES string of the molecule is CCOC(=O)Cn1nc(-c2ccc(Cl)cc2)cc1C(=O)OCC. The first-order valence-corrected chi connectivity index (χ1v) is 7.59. The first kappa shape index (κ1) is 17.0. The Morgan fingerprint density at radius 2 is 1.78 bits per heavy atom. The van der Waals surface area contributed by atoms with Crippen LogP contribution in [0.25, 0.3) is 11.3 Å². The van der Waals surface area contributed by atoms with Crippen LogP contribution in [0.2, 0.25) is 5.02 Å². The quantitative estimate of drug-likeness (QED) is 0.758. The lowest BCUT2D eigenvalue weighted by molar-refractivity contribution is -0.144. The van der Waals surface area contributed by atoms with Crippen molar-refractivity contribution in [1.82, 2.24) is 9.78 Å². The molecule has 0 N–H and O–H groups in total. The zero-order valence-corrected chi connectivity index (χ0v) is 13.7. The molecule has 0 saturated heterocycles. The summed E-state index contributed by atoms with van der Waals surface area (Å²) < 4.78 is 11.2. The van der Waals surface area contributed by atoms with Gasteiger partial charge >= 0.3 is 11.9 Å². The van der Waals surface area contributed by atoms with E-state index in [9.17, 15) is 9.59 Å². The maximum atomic E-state index is 12.0. The van der Waals surface area contributed by atoms with Crippen molar-refractivity contribution in [2.24, 2.45) is 0 Å². The van der Waals surface area contributed by atoms with E-state index in [1.54, 1.807) is 44.2 Å². The van der Waals surface area contributed by atoms with Gasteiger partial charge in [-0.15, -0.1) is 0 Å². The van der Waals surface area contributed by atoms with Crippen molar-refractivity contribution in [2.75, 3.05) is 13.2 Å². The molecule has 7 heteroatoms. The third kappa shape index (κ3) is 4.32. The van der Waals surface area contributed by atoms with Gasteiger partial charge in [-0.1, -0.05) is 23.7 Å². The summed E-state index contributed by atoms with van der Waals surface area (Å²) in [7, 11) is 0. The minimum Gasteiger partial charge on any atom is -0.465 e. The molecular formula is C16H17ClN2O4. The highest BCUT2D eigenvalue weighted by atomic mass is 35.5. The van der Waals surface area contributed by atoms with Gasteiger partial charge in [0.15, 0.2) is 0 Å². The second kappa shape index (κ2) is 7.78. The number of carbonyl (C=O) groups excluding carboxylic acids is 2. The van der Waals surface area contributed by atoms with Crippen LogP contribution in [-0.2, 0) is 20.8 Å². The molecule has 0 amide bonds. The molecule has 0 atom stereocenters. The number of aromatic nitrogens is 2. The second-order valence-corrected chi connectivity index (χ2v) is 5.04. The van der Waals surface area contributed by atoms with E-state index < -0.39 is 11.9 Å². The molecule has 0 unspecified atom stereocenters. The molecule has 1 aromatic heterocycles. The molecule has 0 bridgehead atoms. The highest BCUT2D eigenvalue weighted by Gasteiger charge is 2.19. The van der Waals surface area contributed by atoms with Crippen molar-refractivity contribution in [3.8, 4) is 11.3 Å². The van der Waals surface area contributed by atoms with Gasteiger partial charge in [-0.2, -0.15) is 5.10 Å². The van der Waals surface area contributed by atoms with Crippen molar-refractivity contribution in [3.05, 3.63) is 41.0 Å². The Morgan fingerprint density at radius 3 is 2.39 bits per heavy atom. The zero-order valence-electron chi connectivity index (χ0n) is 12.9. The molecule has 2 rings (SSSR count). The van der Waals surface area contributed by atoms with Gasteiger partial charge < -0.3 is 9.47 Å². The van der Waals surface area contributed by atoms with E-state index in [1.165, 1.54) is 4.68 Å². The normalized spacial score (nSPS) is 10.4. The number of rotatable bonds is 6. The van der Waals surface area contributed by atoms with Gasteiger partial charge in [-0.25, -0.2) is 9.48 Å². The summed E-state index contributed by atoms with van der Waals surface area (Å²) in [5.74, 6) is -1.01. The number of nitrogens with zero attached hydrogens (tertiary/aromatic N) is 2. The molecule has 1 heterocycles. The zero-order chi connectivity index (χ0) is 16.8. The number of hydrogen-bond donors (Lipinski definition) is 0. The van der Waals surface area contributed by atoms with Crippen LogP contribution in [0.4, 0.5) is 0 Å². The minimum atomic E-state index is -0.537. The molecular weight excluding hydrogens is 320 g/mol. The first-order valence-electron chi connectivity index (χ1n) is 7.21. The fourth-order valence-corrected chi connectivity index (χ4v) is 2.12. The van der Waals surface area contributed by atoms with Crippen LogP contribution >= 0.6 is 11.6 Å². The molecule has 122 valence electrons. The van der Waals surface area contributed by atoms with Gasteiger partial charge in [0, 0.05) is 10.6 Å². The summed E-state index contributed by atoms with van der Waals surface area (Å²) in [5.41, 5.74) is 1.53. The van der Waals surface area contributed by atoms with E-state index in [2.05, 4.69) is 5.10 Å². The second-order valence-electron chi connectivity index (χ2n) is 4.60. The first-order chi connectivity index (χ1) is 11.0. The van der Waals surface area contributed by atoms with E-state index in [0.29, 0.717) is 10.7 Å². The van der Waals surface area contributed by atoms with Gasteiger partial charge in [-0.3, -0.25) is 4.79 Å². The fourth-order valence-electron chi connectivity index (χ4n) is 2.00. The lowest BCUT2D eigenvalue weighted by Gasteiger charge is -2.06. The summed E-state index contributed by atoms with van der Waals surface area (Å²) in [5, 5.41) is 4.91. The number of carbonyl (C=O) groups is 2. The van der Waals surface area contributed by atoms with Crippen LogP contribution in [0.1, 0.15) is 24.3 Å². The maximum Gasteiger partial charge on any atom is 0.356 e. The Kier molecular flexibility index (Phi) is 5.76. The molecule has 0 aliphatic rings. The molecule has 0 saturated carbocycles. The minimum absolute atomic E-state index is 0.157. The Labute approximate surface area is 139 Å². The summed E-state index contributed by atoms with van der Waals surface area (Å²) in [6.45, 7) is 3.77. The van der Waals surface area contributed by atoms with Gasteiger partial charge in [-0.05, 0) is 32.0 Å². The van der Waals surface area contributed by atoms with Crippen molar-refractivity contribution in [1.29, 1.82) is 0 Å². The van der Waals surface area contributed by atoms with Crippen LogP contribution in [0.5, 0.6) is 0 Å². The molecule has 23 heavy (non-hydrogen) atoms. The standard InChI is InChI=1S/C16H17ClN2O4/c1-3-22-15(20)10-19-14(16(21)23-4-2)9-13(18-19)11-5-7-12(17)8-6-11/h5-9H,3-4,10H2,1-2H3. The molecule has 2 aromatic rings. The Morgan fingerprint density at radius 1 is 1.13 bits per heavy atom. The average Bonchev–Trinajstić information content (AvgIpc) is 2.92. The summed E-state index contributed by atoms with van der Waals surface area (Å²) in [6.07, 6.45) is 0. The lowest BCUT2D eigenvalue weighted by atomic mass is 10.1.